The van der Waals surface area contributed by atoms with Crippen molar-refractivity contribution in [3.63, 3.8) is 0 Å². The molecule has 0 aromatic heterocycles. The van der Waals surface area contributed by atoms with Gasteiger partial charge in [-0.1, -0.05) is 41.5 Å². The third-order valence-electron chi connectivity index (χ3n) is 2.60. The van der Waals surface area contributed by atoms with Crippen molar-refractivity contribution >= 4 is 11.8 Å². The molecule has 0 aromatic carbocycles. The first kappa shape index (κ1) is 17.1. The monoisotopic (exact) mass is 256 g/mol. The molecule has 0 aliphatic rings. The van der Waals surface area contributed by atoms with Gasteiger partial charge in [0.05, 0.1) is 5.41 Å². The highest BCUT2D eigenvalue weighted by atomic mass is 16.5. The Morgan fingerprint density at radius 2 is 1.17 bits per heavy atom. The van der Waals surface area contributed by atoms with Crippen LogP contribution < -0.4 is 0 Å². The zero-order valence-corrected chi connectivity index (χ0v) is 13.3. The molecule has 18 heavy (non-hydrogen) atoms. The van der Waals surface area contributed by atoms with Gasteiger partial charge in [0, 0.05) is 10.8 Å². The van der Waals surface area contributed by atoms with E-state index in [1.54, 1.807) is 20.8 Å². The third kappa shape index (κ3) is 4.79. The lowest BCUT2D eigenvalue weighted by molar-refractivity contribution is -0.171. The van der Waals surface area contributed by atoms with Crippen molar-refractivity contribution in [2.75, 3.05) is 0 Å². The second kappa shape index (κ2) is 5.02. The summed E-state index contributed by atoms with van der Waals surface area (Å²) in [4.78, 5) is 24.4. The number of ether oxygens (including phenoxy) is 1. The van der Waals surface area contributed by atoms with E-state index in [0.29, 0.717) is 0 Å². The molecule has 0 spiro atoms. The van der Waals surface area contributed by atoms with Gasteiger partial charge in [-0.3, -0.25) is 9.59 Å². The number of esters is 1. The lowest BCUT2D eigenvalue weighted by Gasteiger charge is -2.35. The van der Waals surface area contributed by atoms with Crippen LogP contribution in [-0.4, -0.2) is 17.9 Å². The maximum atomic E-state index is 12.4. The van der Waals surface area contributed by atoms with Crippen molar-refractivity contribution in [2.24, 2.45) is 16.2 Å². The first-order valence-electron chi connectivity index (χ1n) is 6.43. The zero-order valence-electron chi connectivity index (χ0n) is 13.3. The summed E-state index contributed by atoms with van der Waals surface area (Å²) in [7, 11) is 0. The molecule has 0 aliphatic carbocycles. The van der Waals surface area contributed by atoms with E-state index in [1.807, 2.05) is 41.5 Å². The summed E-state index contributed by atoms with van der Waals surface area (Å²) in [6, 6.07) is 0. The van der Waals surface area contributed by atoms with Crippen LogP contribution in [0.25, 0.3) is 0 Å². The van der Waals surface area contributed by atoms with Crippen LogP contribution in [0.4, 0.5) is 0 Å². The van der Waals surface area contributed by atoms with Gasteiger partial charge in [-0.25, -0.2) is 0 Å². The Labute approximate surface area is 111 Å². The normalized spacial score (nSPS) is 15.2. The van der Waals surface area contributed by atoms with Gasteiger partial charge >= 0.3 is 5.97 Å². The fraction of sp³-hybridized carbons (Fsp3) is 0.867. The Balaban J connectivity index is 5.19. The fourth-order valence-corrected chi connectivity index (χ4v) is 1.30. The highest BCUT2D eigenvalue weighted by molar-refractivity contribution is 5.91. The molecule has 106 valence electrons. The van der Waals surface area contributed by atoms with E-state index in [0.717, 1.165) is 0 Å². The van der Waals surface area contributed by atoms with Crippen LogP contribution in [-0.2, 0) is 14.3 Å². The first-order chi connectivity index (χ1) is 7.67. The summed E-state index contributed by atoms with van der Waals surface area (Å²) < 4.78 is 5.48. The molecule has 3 heteroatoms. The van der Waals surface area contributed by atoms with Gasteiger partial charge in [0.15, 0.2) is 11.9 Å². The van der Waals surface area contributed by atoms with Gasteiger partial charge in [0.1, 0.15) is 0 Å². The average Bonchev–Trinajstić information content (AvgIpc) is 2.07. The number of hydrogen-bond acceptors (Lipinski definition) is 3. The summed E-state index contributed by atoms with van der Waals surface area (Å²) in [5.74, 6) is -0.368. The van der Waals surface area contributed by atoms with E-state index in [9.17, 15) is 9.59 Å². The second-order valence-corrected chi connectivity index (χ2v) is 8.02. The van der Waals surface area contributed by atoms with Crippen LogP contribution >= 0.6 is 0 Å². The topological polar surface area (TPSA) is 43.4 Å². The average molecular weight is 256 g/mol. The number of ketones is 1. The lowest BCUT2D eigenvalue weighted by Crippen LogP contribution is -2.45. The first-order valence-corrected chi connectivity index (χ1v) is 6.43. The predicted molar refractivity (Wildman–Crippen MR) is 73.3 cm³/mol. The highest BCUT2D eigenvalue weighted by Crippen LogP contribution is 2.31. The van der Waals surface area contributed by atoms with E-state index >= 15 is 0 Å². The number of rotatable bonds is 2. The lowest BCUT2D eigenvalue weighted by atomic mass is 9.77. The van der Waals surface area contributed by atoms with Crippen LogP contribution in [0.2, 0.25) is 0 Å². The van der Waals surface area contributed by atoms with Crippen LogP contribution in [0.15, 0.2) is 0 Å². The maximum absolute atomic E-state index is 12.4. The summed E-state index contributed by atoms with van der Waals surface area (Å²) in [6.07, 6.45) is -0.704. The van der Waals surface area contributed by atoms with Gasteiger partial charge in [0.2, 0.25) is 0 Å². The van der Waals surface area contributed by atoms with E-state index in [4.69, 9.17) is 4.74 Å². The number of Topliss-reactive ketones (excluding diaryl/α,β-unsaturated/α-hetero) is 1. The molecule has 1 atom stereocenters. The summed E-state index contributed by atoms with van der Waals surface area (Å²) >= 11 is 0. The van der Waals surface area contributed by atoms with E-state index in [2.05, 4.69) is 0 Å². The quantitative estimate of drug-likeness (QED) is 0.709. The van der Waals surface area contributed by atoms with Crippen molar-refractivity contribution in [2.45, 2.75) is 68.4 Å². The van der Waals surface area contributed by atoms with Gasteiger partial charge < -0.3 is 4.74 Å². The molecule has 1 unspecified atom stereocenters. The molecule has 0 fully saturated rings. The Bertz CT molecular complexity index is 321. The van der Waals surface area contributed by atoms with Crippen molar-refractivity contribution in [3.8, 4) is 0 Å². The molecule has 0 heterocycles. The van der Waals surface area contributed by atoms with Gasteiger partial charge in [-0.05, 0) is 20.8 Å². The minimum Gasteiger partial charge on any atom is -0.453 e. The number of carbonyl (C=O) groups is 2. The maximum Gasteiger partial charge on any atom is 0.311 e. The Hall–Kier alpha value is -0.860. The molecule has 0 rings (SSSR count). The Morgan fingerprint density at radius 1 is 0.778 bits per heavy atom. The molecule has 0 radical (unpaired) electrons. The molecule has 0 saturated carbocycles. The van der Waals surface area contributed by atoms with Crippen LogP contribution in [0.1, 0.15) is 62.3 Å². The SMILES string of the molecule is CC(C)(C)C(=O)OC(C(=O)C(C)(C)C)C(C)(C)C. The standard InChI is InChI=1S/C15H28O3/c1-13(2,3)10(16)11(14(4,5)6)18-12(17)15(7,8)9/h11H,1-9H3. The Kier molecular flexibility index (Phi) is 4.78. The zero-order chi connectivity index (χ0) is 14.9. The van der Waals surface area contributed by atoms with Crippen LogP contribution in [0.3, 0.4) is 0 Å². The molecule has 0 bridgehead atoms. The minimum absolute atomic E-state index is 0.0346. The van der Waals surface area contributed by atoms with E-state index < -0.39 is 22.3 Å². The molecule has 3 nitrogen and oxygen atoms in total. The van der Waals surface area contributed by atoms with Crippen molar-refractivity contribution in [3.05, 3.63) is 0 Å². The van der Waals surface area contributed by atoms with Crippen molar-refractivity contribution in [1.29, 1.82) is 0 Å². The molecular formula is C15H28O3. The predicted octanol–water partition coefficient (Wildman–Crippen LogP) is 3.61. The molecular weight excluding hydrogens is 228 g/mol. The molecule has 0 N–H and O–H groups in total. The van der Waals surface area contributed by atoms with Crippen molar-refractivity contribution < 1.29 is 14.3 Å². The molecule has 0 saturated heterocycles. The highest BCUT2D eigenvalue weighted by Gasteiger charge is 2.41. The van der Waals surface area contributed by atoms with E-state index in [-0.39, 0.29) is 11.8 Å². The van der Waals surface area contributed by atoms with Crippen molar-refractivity contribution in [1.82, 2.24) is 0 Å². The molecule has 0 aliphatic heterocycles. The van der Waals surface area contributed by atoms with Crippen LogP contribution in [0.5, 0.6) is 0 Å². The largest absolute Gasteiger partial charge is 0.453 e. The van der Waals surface area contributed by atoms with Gasteiger partial charge in [-0.2, -0.15) is 0 Å². The molecule has 0 amide bonds. The summed E-state index contributed by atoms with van der Waals surface area (Å²) in [5, 5.41) is 0. The van der Waals surface area contributed by atoms with Gasteiger partial charge in [-0.15, -0.1) is 0 Å². The Morgan fingerprint density at radius 3 is 1.39 bits per heavy atom. The molecule has 0 aromatic rings. The van der Waals surface area contributed by atoms with Crippen LogP contribution in [0, 0.1) is 16.2 Å². The third-order valence-corrected chi connectivity index (χ3v) is 2.60. The fourth-order valence-electron chi connectivity index (χ4n) is 1.30. The number of carbonyl (C=O) groups excluding carboxylic acids is 2. The second-order valence-electron chi connectivity index (χ2n) is 8.02. The van der Waals surface area contributed by atoms with E-state index in [1.165, 1.54) is 0 Å². The van der Waals surface area contributed by atoms with Gasteiger partial charge in [0.25, 0.3) is 0 Å². The number of hydrogen-bond donors (Lipinski definition) is 0. The summed E-state index contributed by atoms with van der Waals surface area (Å²) in [6.45, 7) is 16.6. The smallest absolute Gasteiger partial charge is 0.311 e. The minimum atomic E-state index is -0.704. The summed E-state index contributed by atoms with van der Waals surface area (Å²) in [5.41, 5.74) is -1.51.